The number of hydrogen-bond donors (Lipinski definition) is 2. The van der Waals surface area contributed by atoms with E-state index in [9.17, 15) is 9.59 Å². The summed E-state index contributed by atoms with van der Waals surface area (Å²) in [6.45, 7) is 6.43. The Kier molecular flexibility index (Phi) is 7.49. The zero-order chi connectivity index (χ0) is 21.5. The fraction of sp³-hybridized carbons (Fsp3) is 0.522. The second-order valence-corrected chi connectivity index (χ2v) is 7.83. The molecule has 1 aliphatic rings. The largest absolute Gasteiger partial charge is 0.464 e. The lowest BCUT2D eigenvalue weighted by Gasteiger charge is -2.15. The van der Waals surface area contributed by atoms with E-state index in [2.05, 4.69) is 29.1 Å². The molecule has 7 heteroatoms. The fourth-order valence-electron chi connectivity index (χ4n) is 3.71. The number of fused-ring (bicyclic) bond motifs is 1. The molecule has 0 aliphatic carbocycles. The number of benzene rings is 1. The maximum atomic E-state index is 12.4. The van der Waals surface area contributed by atoms with Crippen LogP contribution in [0.1, 0.15) is 57.9 Å². The van der Waals surface area contributed by atoms with Crippen LogP contribution in [-0.2, 0) is 19.1 Å². The number of nitrogens with zero attached hydrogens (tertiary/aromatic N) is 1. The molecule has 30 heavy (non-hydrogen) atoms. The summed E-state index contributed by atoms with van der Waals surface area (Å²) in [5.41, 5.74) is 2.02. The summed E-state index contributed by atoms with van der Waals surface area (Å²) in [7, 11) is 0. The minimum absolute atomic E-state index is 0.0756. The van der Waals surface area contributed by atoms with Crippen LogP contribution in [0.25, 0.3) is 10.9 Å². The van der Waals surface area contributed by atoms with E-state index in [1.165, 1.54) is 0 Å². The van der Waals surface area contributed by atoms with Gasteiger partial charge in [-0.1, -0.05) is 58.2 Å². The number of amidine groups is 1. The average Bonchev–Trinajstić information content (AvgIpc) is 3.35. The SMILES string of the molecule is CCCC[C@H](CC)COC(=O)CN=C1NC(=O)[C@H]([C@H](C)c2c[nH]c3ccccc23)O1. The molecule has 1 saturated heterocycles. The Labute approximate surface area is 177 Å². The molecule has 0 radical (unpaired) electrons. The third-order valence-electron chi connectivity index (χ3n) is 5.67. The third-order valence-corrected chi connectivity index (χ3v) is 5.67. The van der Waals surface area contributed by atoms with E-state index in [0.717, 1.165) is 42.1 Å². The minimum atomic E-state index is -0.697. The van der Waals surface area contributed by atoms with Crippen molar-refractivity contribution in [1.82, 2.24) is 10.3 Å². The van der Waals surface area contributed by atoms with Crippen molar-refractivity contribution < 1.29 is 19.1 Å². The molecule has 1 aromatic heterocycles. The molecule has 2 heterocycles. The van der Waals surface area contributed by atoms with Gasteiger partial charge in [0.2, 0.25) is 0 Å². The van der Waals surface area contributed by atoms with Gasteiger partial charge in [0, 0.05) is 23.0 Å². The molecule has 2 N–H and O–H groups in total. The molecule has 3 atom stereocenters. The van der Waals surface area contributed by atoms with E-state index < -0.39 is 12.1 Å². The number of ether oxygens (including phenoxy) is 2. The first kappa shape index (κ1) is 21.9. The number of aliphatic imine (C=N–C) groups is 1. The molecule has 1 fully saturated rings. The average molecular weight is 414 g/mol. The minimum Gasteiger partial charge on any atom is -0.464 e. The molecule has 0 saturated carbocycles. The summed E-state index contributed by atoms with van der Waals surface area (Å²) in [6, 6.07) is 8.01. The first-order valence-electron chi connectivity index (χ1n) is 10.8. The van der Waals surface area contributed by atoms with E-state index in [-0.39, 0.29) is 24.4 Å². The molecule has 2 aromatic rings. The standard InChI is InChI=1S/C23H31N3O4/c1-4-6-9-16(5-2)14-29-20(27)13-25-23-26-22(28)21(30-23)15(3)18-12-24-19-11-8-7-10-17(18)19/h7-8,10-12,15-16,21,24H,4-6,9,13-14H2,1-3H3,(H,25,26,28)/t15-,16+,21+/m1/s1. The molecule has 162 valence electrons. The molecular weight excluding hydrogens is 382 g/mol. The van der Waals surface area contributed by atoms with Crippen LogP contribution in [0.3, 0.4) is 0 Å². The summed E-state index contributed by atoms with van der Waals surface area (Å²) in [6.07, 6.45) is 5.51. The molecule has 0 bridgehead atoms. The maximum absolute atomic E-state index is 12.4. The lowest BCUT2D eigenvalue weighted by molar-refractivity contribution is -0.143. The van der Waals surface area contributed by atoms with Crippen LogP contribution in [0.2, 0.25) is 0 Å². The summed E-state index contributed by atoms with van der Waals surface area (Å²) in [4.78, 5) is 31.8. The Balaban J connectivity index is 1.54. The second-order valence-electron chi connectivity index (χ2n) is 7.83. The Bertz CT molecular complexity index is 905. The predicted octanol–water partition coefficient (Wildman–Crippen LogP) is 3.90. The number of aromatic nitrogens is 1. The van der Waals surface area contributed by atoms with Crippen molar-refractivity contribution in [3.05, 3.63) is 36.0 Å². The number of rotatable bonds is 10. The van der Waals surface area contributed by atoms with Gasteiger partial charge in [0.15, 0.2) is 6.10 Å². The third kappa shape index (κ3) is 5.20. The van der Waals surface area contributed by atoms with Gasteiger partial charge in [0.05, 0.1) is 6.61 Å². The Morgan fingerprint density at radius 1 is 1.30 bits per heavy atom. The van der Waals surface area contributed by atoms with E-state index in [4.69, 9.17) is 9.47 Å². The summed E-state index contributed by atoms with van der Waals surface area (Å²) in [5.74, 6) is -0.469. The Morgan fingerprint density at radius 2 is 2.10 bits per heavy atom. The van der Waals surface area contributed by atoms with Crippen molar-refractivity contribution in [3.8, 4) is 0 Å². The molecule has 1 aliphatic heterocycles. The molecule has 0 spiro atoms. The summed E-state index contributed by atoms with van der Waals surface area (Å²) < 4.78 is 11.1. The van der Waals surface area contributed by atoms with Gasteiger partial charge in [0.25, 0.3) is 11.9 Å². The molecule has 0 unspecified atom stereocenters. The van der Waals surface area contributed by atoms with Crippen molar-refractivity contribution in [2.24, 2.45) is 10.9 Å². The monoisotopic (exact) mass is 413 g/mol. The number of amides is 1. The molecule has 1 aromatic carbocycles. The highest BCUT2D eigenvalue weighted by Crippen LogP contribution is 2.30. The summed E-state index contributed by atoms with van der Waals surface area (Å²) >= 11 is 0. The van der Waals surface area contributed by atoms with E-state index in [0.29, 0.717) is 12.5 Å². The highest BCUT2D eigenvalue weighted by atomic mass is 16.5. The summed E-state index contributed by atoms with van der Waals surface area (Å²) in [5, 5.41) is 3.68. The quantitative estimate of drug-likeness (QED) is 0.578. The van der Waals surface area contributed by atoms with Crippen molar-refractivity contribution in [2.45, 2.75) is 58.5 Å². The number of aromatic amines is 1. The van der Waals surface area contributed by atoms with Crippen LogP contribution in [-0.4, -0.2) is 42.1 Å². The first-order valence-corrected chi connectivity index (χ1v) is 10.8. The number of carbonyl (C=O) groups is 2. The topological polar surface area (TPSA) is 92.8 Å². The van der Waals surface area contributed by atoms with Crippen molar-refractivity contribution in [1.29, 1.82) is 0 Å². The number of H-pyrrole nitrogens is 1. The van der Waals surface area contributed by atoms with Gasteiger partial charge in [-0.3, -0.25) is 14.9 Å². The highest BCUT2D eigenvalue weighted by Gasteiger charge is 2.37. The van der Waals surface area contributed by atoms with E-state index in [1.54, 1.807) is 0 Å². The van der Waals surface area contributed by atoms with Gasteiger partial charge in [-0.25, -0.2) is 4.99 Å². The van der Waals surface area contributed by atoms with Crippen LogP contribution in [0.5, 0.6) is 0 Å². The fourth-order valence-corrected chi connectivity index (χ4v) is 3.71. The maximum Gasteiger partial charge on any atom is 0.327 e. The second kappa shape index (κ2) is 10.3. The number of nitrogens with one attached hydrogen (secondary N) is 2. The number of carbonyl (C=O) groups excluding carboxylic acids is 2. The van der Waals surface area contributed by atoms with Gasteiger partial charge < -0.3 is 14.5 Å². The lowest BCUT2D eigenvalue weighted by Crippen LogP contribution is -2.28. The van der Waals surface area contributed by atoms with Gasteiger partial charge in [-0.15, -0.1) is 0 Å². The van der Waals surface area contributed by atoms with Crippen LogP contribution in [0, 0.1) is 5.92 Å². The van der Waals surface area contributed by atoms with Crippen LogP contribution in [0.4, 0.5) is 0 Å². The number of para-hydroxylation sites is 1. The Hall–Kier alpha value is -2.83. The van der Waals surface area contributed by atoms with Crippen LogP contribution in [0.15, 0.2) is 35.5 Å². The first-order chi connectivity index (χ1) is 14.5. The molecule has 7 nitrogen and oxygen atoms in total. The normalized spacial score (nSPS) is 19.5. The van der Waals surface area contributed by atoms with Gasteiger partial charge in [-0.05, 0) is 24.0 Å². The Morgan fingerprint density at radius 3 is 2.87 bits per heavy atom. The highest BCUT2D eigenvalue weighted by molar-refractivity contribution is 6.03. The zero-order valence-corrected chi connectivity index (χ0v) is 17.9. The van der Waals surface area contributed by atoms with Crippen molar-refractivity contribution in [3.63, 3.8) is 0 Å². The van der Waals surface area contributed by atoms with Crippen LogP contribution < -0.4 is 5.32 Å². The van der Waals surface area contributed by atoms with Crippen LogP contribution >= 0.6 is 0 Å². The van der Waals surface area contributed by atoms with Crippen molar-refractivity contribution in [2.75, 3.05) is 13.2 Å². The van der Waals surface area contributed by atoms with Crippen molar-refractivity contribution >= 4 is 28.8 Å². The molecule has 3 rings (SSSR count). The lowest BCUT2D eigenvalue weighted by atomic mass is 9.94. The predicted molar refractivity (Wildman–Crippen MR) is 116 cm³/mol. The number of unbranched alkanes of at least 4 members (excludes halogenated alkanes) is 1. The van der Waals surface area contributed by atoms with E-state index >= 15 is 0 Å². The zero-order valence-electron chi connectivity index (χ0n) is 17.9. The van der Waals surface area contributed by atoms with Gasteiger partial charge in [-0.2, -0.15) is 0 Å². The molecule has 1 amide bonds. The number of hydrogen-bond acceptors (Lipinski definition) is 5. The van der Waals surface area contributed by atoms with Gasteiger partial charge in [0.1, 0.15) is 6.54 Å². The molecular formula is C23H31N3O4. The smallest absolute Gasteiger partial charge is 0.327 e. The van der Waals surface area contributed by atoms with E-state index in [1.807, 2.05) is 37.4 Å². The van der Waals surface area contributed by atoms with Gasteiger partial charge >= 0.3 is 5.97 Å². The number of esters is 1.